The van der Waals surface area contributed by atoms with Crippen LogP contribution in [0.15, 0.2) is 59.6 Å². The lowest BCUT2D eigenvalue weighted by Gasteiger charge is -2.10. The highest BCUT2D eigenvalue weighted by Gasteiger charge is 2.12. The maximum Gasteiger partial charge on any atom is 0.255 e. The van der Waals surface area contributed by atoms with Gasteiger partial charge >= 0.3 is 0 Å². The van der Waals surface area contributed by atoms with E-state index in [9.17, 15) is 4.79 Å². The minimum Gasteiger partial charge on any atom is -0.496 e. The number of carbonyl (C=O) groups is 1. The summed E-state index contributed by atoms with van der Waals surface area (Å²) in [6, 6.07) is 15.1. The van der Waals surface area contributed by atoms with Gasteiger partial charge in [0.2, 0.25) is 0 Å². The zero-order valence-electron chi connectivity index (χ0n) is 14.8. The van der Waals surface area contributed by atoms with Crippen molar-refractivity contribution in [1.29, 1.82) is 5.41 Å². The first-order chi connectivity index (χ1) is 12.6. The van der Waals surface area contributed by atoms with Crippen LogP contribution in [0.25, 0.3) is 10.9 Å². The van der Waals surface area contributed by atoms with E-state index in [1.165, 1.54) is 11.8 Å². The van der Waals surface area contributed by atoms with Gasteiger partial charge in [-0.3, -0.25) is 10.2 Å². The van der Waals surface area contributed by atoms with Crippen LogP contribution >= 0.6 is 35.7 Å². The summed E-state index contributed by atoms with van der Waals surface area (Å²) in [6.07, 6.45) is 1.96. The lowest BCUT2D eigenvalue weighted by molar-refractivity contribution is 0.0949. The fourth-order valence-electron chi connectivity index (χ4n) is 2.82. The molecule has 0 bridgehead atoms. The summed E-state index contributed by atoms with van der Waals surface area (Å²) in [5.41, 5.74) is 7.08. The summed E-state index contributed by atoms with van der Waals surface area (Å²) in [5.74, 6) is 0.383. The first-order valence-corrected chi connectivity index (χ1v) is 8.92. The molecule has 4 N–H and O–H groups in total. The second-order valence-electron chi connectivity index (χ2n) is 5.63. The number of nitrogens with two attached hydrogens (primary N) is 1. The van der Waals surface area contributed by atoms with Crippen molar-refractivity contribution in [1.82, 2.24) is 9.88 Å². The van der Waals surface area contributed by atoms with Crippen LogP contribution in [-0.2, 0) is 6.54 Å². The number of methoxy groups -OCH3 is 1. The van der Waals surface area contributed by atoms with Gasteiger partial charge in [-0.25, -0.2) is 0 Å². The molecule has 0 aliphatic heterocycles. The minimum absolute atomic E-state index is 0. The van der Waals surface area contributed by atoms with Crippen LogP contribution in [0.5, 0.6) is 5.75 Å². The number of amidine groups is 1. The standard InChI is InChI=1S/C19H20N4O2S.HI/c1-25-16-9-5-3-7-14(16)18(24)22-10-11-23-12-17(26-19(20)21)13-6-2-4-8-15(13)23;/h2-9,12H,10-11H2,1H3,(H3,20,21)(H,22,24);1H. The summed E-state index contributed by atoms with van der Waals surface area (Å²) >= 11 is 1.23. The molecule has 0 radical (unpaired) electrons. The van der Waals surface area contributed by atoms with Gasteiger partial charge in [0.1, 0.15) is 5.75 Å². The molecular weight excluding hydrogens is 475 g/mol. The lowest BCUT2D eigenvalue weighted by atomic mass is 10.2. The molecule has 0 fully saturated rings. The number of hydrogen-bond donors (Lipinski definition) is 3. The topological polar surface area (TPSA) is 93.1 Å². The van der Waals surface area contributed by atoms with Gasteiger partial charge in [-0.15, -0.1) is 24.0 Å². The Hall–Kier alpha value is -2.20. The number of nitrogens with one attached hydrogen (secondary N) is 2. The first kappa shape index (κ1) is 21.1. The fourth-order valence-corrected chi connectivity index (χ4v) is 3.51. The average Bonchev–Trinajstić information content (AvgIpc) is 2.99. The normalized spacial score (nSPS) is 10.3. The average molecular weight is 496 g/mol. The molecule has 3 aromatic rings. The van der Waals surface area contributed by atoms with Crippen molar-refractivity contribution >= 4 is 57.7 Å². The van der Waals surface area contributed by atoms with Gasteiger partial charge < -0.3 is 20.4 Å². The van der Waals surface area contributed by atoms with Gasteiger partial charge in [0.15, 0.2) is 5.17 Å². The van der Waals surface area contributed by atoms with Crippen molar-refractivity contribution in [2.24, 2.45) is 5.73 Å². The smallest absolute Gasteiger partial charge is 0.255 e. The highest BCUT2D eigenvalue weighted by Crippen LogP contribution is 2.29. The molecule has 0 spiro atoms. The molecule has 1 aromatic heterocycles. The Morgan fingerprint density at radius 1 is 1.22 bits per heavy atom. The Labute approximate surface area is 179 Å². The van der Waals surface area contributed by atoms with E-state index >= 15 is 0 Å². The number of amides is 1. The first-order valence-electron chi connectivity index (χ1n) is 8.11. The van der Waals surface area contributed by atoms with Crippen molar-refractivity contribution in [2.75, 3.05) is 13.7 Å². The number of fused-ring (bicyclic) bond motifs is 1. The summed E-state index contributed by atoms with van der Waals surface area (Å²) < 4.78 is 7.29. The van der Waals surface area contributed by atoms with Crippen molar-refractivity contribution in [3.8, 4) is 5.75 Å². The number of aromatic nitrogens is 1. The Morgan fingerprint density at radius 2 is 1.93 bits per heavy atom. The molecule has 0 saturated heterocycles. The molecule has 1 heterocycles. The van der Waals surface area contributed by atoms with Crippen molar-refractivity contribution in [3.63, 3.8) is 0 Å². The maximum absolute atomic E-state index is 12.4. The van der Waals surface area contributed by atoms with Crippen LogP contribution in [0.2, 0.25) is 0 Å². The van der Waals surface area contributed by atoms with Crippen LogP contribution in [0.3, 0.4) is 0 Å². The molecule has 0 unspecified atom stereocenters. The third-order valence-electron chi connectivity index (χ3n) is 3.96. The summed E-state index contributed by atoms with van der Waals surface area (Å²) in [4.78, 5) is 13.3. The molecule has 0 aliphatic carbocycles. The molecule has 1 amide bonds. The van der Waals surface area contributed by atoms with Crippen molar-refractivity contribution in [3.05, 3.63) is 60.3 Å². The largest absolute Gasteiger partial charge is 0.496 e. The summed E-state index contributed by atoms with van der Waals surface area (Å²) in [7, 11) is 1.55. The zero-order valence-corrected chi connectivity index (χ0v) is 17.9. The van der Waals surface area contributed by atoms with Crippen LogP contribution in [-0.4, -0.2) is 29.3 Å². The Balaban J connectivity index is 0.00000261. The molecule has 0 aliphatic rings. The molecule has 2 aromatic carbocycles. The molecule has 142 valence electrons. The number of carbonyl (C=O) groups excluding carboxylic acids is 1. The number of thioether (sulfide) groups is 1. The third-order valence-corrected chi connectivity index (χ3v) is 4.73. The number of para-hydroxylation sites is 2. The van der Waals surface area contributed by atoms with Crippen molar-refractivity contribution in [2.45, 2.75) is 11.4 Å². The molecule has 0 saturated carbocycles. The fraction of sp³-hybridized carbons (Fsp3) is 0.158. The monoisotopic (exact) mass is 496 g/mol. The minimum atomic E-state index is -0.169. The SMILES string of the molecule is COc1ccccc1C(=O)NCCn1cc(SC(=N)N)c2ccccc21.I. The highest BCUT2D eigenvalue weighted by molar-refractivity contribution is 14.0. The summed E-state index contributed by atoms with van der Waals surface area (Å²) in [5, 5.41) is 11.5. The number of rotatable bonds is 6. The van der Waals surface area contributed by atoms with Gasteiger partial charge in [0, 0.05) is 35.1 Å². The van der Waals surface area contributed by atoms with Gasteiger partial charge in [-0.1, -0.05) is 42.1 Å². The summed E-state index contributed by atoms with van der Waals surface area (Å²) in [6.45, 7) is 1.08. The maximum atomic E-state index is 12.4. The molecular formula is C19H21IN4O2S. The Kier molecular flexibility index (Phi) is 7.55. The molecule has 27 heavy (non-hydrogen) atoms. The van der Waals surface area contributed by atoms with E-state index in [2.05, 4.69) is 9.88 Å². The predicted molar refractivity (Wildman–Crippen MR) is 120 cm³/mol. The van der Waals surface area contributed by atoms with E-state index in [-0.39, 0.29) is 35.1 Å². The van der Waals surface area contributed by atoms with Crippen LogP contribution in [0, 0.1) is 5.41 Å². The molecule has 6 nitrogen and oxygen atoms in total. The second kappa shape index (κ2) is 9.65. The van der Waals surface area contributed by atoms with E-state index in [1.807, 2.05) is 42.6 Å². The van der Waals surface area contributed by atoms with E-state index in [0.717, 1.165) is 15.8 Å². The third kappa shape index (κ3) is 4.95. The van der Waals surface area contributed by atoms with Crippen LogP contribution in [0.4, 0.5) is 0 Å². The Morgan fingerprint density at radius 3 is 2.67 bits per heavy atom. The van der Waals surface area contributed by atoms with Crippen molar-refractivity contribution < 1.29 is 9.53 Å². The number of hydrogen-bond acceptors (Lipinski definition) is 4. The lowest BCUT2D eigenvalue weighted by Crippen LogP contribution is -2.27. The second-order valence-corrected chi connectivity index (χ2v) is 6.71. The predicted octanol–water partition coefficient (Wildman–Crippen LogP) is 3.68. The van der Waals surface area contributed by atoms with Gasteiger partial charge in [0.05, 0.1) is 12.7 Å². The number of nitrogens with zero attached hydrogens (tertiary/aromatic N) is 1. The molecule has 8 heteroatoms. The van der Waals surface area contributed by atoms with E-state index in [1.54, 1.807) is 19.2 Å². The number of ether oxygens (including phenoxy) is 1. The van der Waals surface area contributed by atoms with E-state index in [4.69, 9.17) is 15.9 Å². The number of halogens is 1. The van der Waals surface area contributed by atoms with Crippen LogP contribution in [0.1, 0.15) is 10.4 Å². The van der Waals surface area contributed by atoms with Gasteiger partial charge in [-0.2, -0.15) is 0 Å². The quantitative estimate of drug-likeness (QED) is 0.210. The molecule has 0 atom stereocenters. The van der Waals surface area contributed by atoms with E-state index < -0.39 is 0 Å². The van der Waals surface area contributed by atoms with Gasteiger partial charge in [0.25, 0.3) is 5.91 Å². The highest BCUT2D eigenvalue weighted by atomic mass is 127. The van der Waals surface area contributed by atoms with E-state index in [0.29, 0.717) is 24.4 Å². The van der Waals surface area contributed by atoms with Crippen LogP contribution < -0.4 is 15.8 Å². The van der Waals surface area contributed by atoms with Gasteiger partial charge in [-0.05, 0) is 18.2 Å². The Bertz CT molecular complexity index is 958. The number of benzene rings is 2. The molecule has 3 rings (SSSR count). The zero-order chi connectivity index (χ0) is 18.5.